The Morgan fingerprint density at radius 3 is 2.38 bits per heavy atom. The lowest BCUT2D eigenvalue weighted by atomic mass is 10.1. The van der Waals surface area contributed by atoms with E-state index in [1.165, 1.54) is 0 Å². The second-order valence-corrected chi connectivity index (χ2v) is 2.50. The van der Waals surface area contributed by atoms with E-state index in [1.54, 1.807) is 5.48 Å². The van der Waals surface area contributed by atoms with Gasteiger partial charge in [0.2, 0.25) is 5.91 Å². The predicted molar refractivity (Wildman–Crippen MR) is 27.3 cm³/mol. The first kappa shape index (κ1) is 5.56. The molecule has 1 aliphatic rings. The molecule has 0 aromatic carbocycles. The fraction of sp³-hybridized carbons (Fsp3) is 0.800. The summed E-state index contributed by atoms with van der Waals surface area (Å²) in [5.41, 5.74) is 1.39. The normalized spacial score (nSPS) is 22.2. The van der Waals surface area contributed by atoms with Crippen molar-refractivity contribution < 1.29 is 10.0 Å². The van der Waals surface area contributed by atoms with Gasteiger partial charge in [-0.2, -0.15) is 0 Å². The van der Waals surface area contributed by atoms with Crippen LogP contribution < -0.4 is 5.48 Å². The van der Waals surface area contributed by atoms with Gasteiger partial charge in [-0.3, -0.25) is 10.0 Å². The van der Waals surface area contributed by atoms with Gasteiger partial charge in [0.05, 0.1) is 0 Å². The molecule has 8 heavy (non-hydrogen) atoms. The molecule has 2 N–H and O–H groups in total. The zero-order valence-corrected chi connectivity index (χ0v) is 4.77. The van der Waals surface area contributed by atoms with Crippen molar-refractivity contribution in [2.45, 2.75) is 19.8 Å². The van der Waals surface area contributed by atoms with Crippen LogP contribution in [0, 0.1) is 5.41 Å². The molecule has 0 radical (unpaired) electrons. The fourth-order valence-corrected chi connectivity index (χ4v) is 0.550. The van der Waals surface area contributed by atoms with Gasteiger partial charge < -0.3 is 0 Å². The Kier molecular flexibility index (Phi) is 1.01. The predicted octanol–water partition coefficient (Wildman–Crippen LogP) is 0.292. The molecular formula is C5H9NO2. The number of hydrogen-bond donors (Lipinski definition) is 2. The number of carbonyl (C=O) groups is 1. The minimum atomic E-state index is -0.252. The van der Waals surface area contributed by atoms with E-state index in [0.29, 0.717) is 0 Å². The summed E-state index contributed by atoms with van der Waals surface area (Å²) >= 11 is 0. The average Bonchev–Trinajstić information content (AvgIpc) is 2.47. The number of nitrogens with one attached hydrogen (secondary N) is 1. The SMILES string of the molecule is CC1(C(=O)NO)CC1. The summed E-state index contributed by atoms with van der Waals surface area (Å²) < 4.78 is 0. The maximum absolute atomic E-state index is 10.5. The minimum Gasteiger partial charge on any atom is -0.289 e. The number of amides is 1. The molecule has 0 bridgehead atoms. The van der Waals surface area contributed by atoms with Crippen LogP contribution in [0.5, 0.6) is 0 Å². The standard InChI is InChI=1S/C5H9NO2/c1-5(2-3-5)4(7)6-8/h8H,2-3H2,1H3,(H,6,7). The third-order valence-corrected chi connectivity index (χ3v) is 1.65. The highest BCUT2D eigenvalue weighted by Gasteiger charge is 2.44. The van der Waals surface area contributed by atoms with Crippen LogP contribution in [0.1, 0.15) is 19.8 Å². The van der Waals surface area contributed by atoms with E-state index in [4.69, 9.17) is 5.21 Å². The molecule has 0 saturated heterocycles. The van der Waals surface area contributed by atoms with E-state index in [2.05, 4.69) is 0 Å². The Morgan fingerprint density at radius 2 is 2.25 bits per heavy atom. The van der Waals surface area contributed by atoms with E-state index in [9.17, 15) is 4.79 Å². The van der Waals surface area contributed by atoms with Crippen LogP contribution >= 0.6 is 0 Å². The highest BCUT2D eigenvalue weighted by atomic mass is 16.5. The van der Waals surface area contributed by atoms with Crippen molar-refractivity contribution in [3.63, 3.8) is 0 Å². The molecule has 3 heteroatoms. The second-order valence-electron chi connectivity index (χ2n) is 2.50. The molecule has 0 atom stereocenters. The van der Waals surface area contributed by atoms with Crippen LogP contribution in [0.4, 0.5) is 0 Å². The smallest absolute Gasteiger partial charge is 0.249 e. The molecule has 0 spiro atoms. The van der Waals surface area contributed by atoms with Crippen LogP contribution in [0.2, 0.25) is 0 Å². The van der Waals surface area contributed by atoms with Gasteiger partial charge in [-0.05, 0) is 12.8 Å². The largest absolute Gasteiger partial charge is 0.289 e. The topological polar surface area (TPSA) is 49.3 Å². The Balaban J connectivity index is 2.46. The summed E-state index contributed by atoms with van der Waals surface area (Å²) in [5.74, 6) is -0.252. The molecule has 1 aliphatic carbocycles. The van der Waals surface area contributed by atoms with Gasteiger partial charge in [0.15, 0.2) is 0 Å². The molecular weight excluding hydrogens is 106 g/mol. The summed E-state index contributed by atoms with van der Waals surface area (Å²) in [5, 5.41) is 8.11. The summed E-state index contributed by atoms with van der Waals surface area (Å²) in [7, 11) is 0. The molecule has 0 heterocycles. The van der Waals surface area contributed by atoms with Crippen molar-refractivity contribution in [3.05, 3.63) is 0 Å². The maximum Gasteiger partial charge on any atom is 0.249 e. The molecule has 1 amide bonds. The number of carbonyl (C=O) groups excluding carboxylic acids is 1. The third-order valence-electron chi connectivity index (χ3n) is 1.65. The van der Waals surface area contributed by atoms with Gasteiger partial charge in [-0.15, -0.1) is 0 Å². The van der Waals surface area contributed by atoms with Crippen molar-refractivity contribution in [3.8, 4) is 0 Å². The quantitative estimate of drug-likeness (QED) is 0.381. The number of hydroxylamine groups is 1. The van der Waals surface area contributed by atoms with E-state index < -0.39 is 0 Å². The zero-order valence-electron chi connectivity index (χ0n) is 4.77. The first-order valence-electron chi connectivity index (χ1n) is 2.63. The molecule has 0 unspecified atom stereocenters. The maximum atomic E-state index is 10.5. The molecule has 3 nitrogen and oxygen atoms in total. The molecule has 0 aromatic heterocycles. The zero-order chi connectivity index (χ0) is 6.20. The number of rotatable bonds is 1. The van der Waals surface area contributed by atoms with E-state index in [-0.39, 0.29) is 11.3 Å². The Labute approximate surface area is 47.7 Å². The van der Waals surface area contributed by atoms with Gasteiger partial charge in [-0.1, -0.05) is 6.92 Å². The Morgan fingerprint density at radius 1 is 1.75 bits per heavy atom. The monoisotopic (exact) mass is 115 g/mol. The second kappa shape index (κ2) is 1.45. The van der Waals surface area contributed by atoms with Crippen LogP contribution in [-0.2, 0) is 4.79 Å². The minimum absolute atomic E-state index is 0.241. The Hall–Kier alpha value is -0.570. The molecule has 1 rings (SSSR count). The molecule has 1 fully saturated rings. The van der Waals surface area contributed by atoms with Crippen LogP contribution in [0.25, 0.3) is 0 Å². The summed E-state index contributed by atoms with van der Waals surface area (Å²) in [4.78, 5) is 10.5. The van der Waals surface area contributed by atoms with Gasteiger partial charge >= 0.3 is 0 Å². The van der Waals surface area contributed by atoms with Gasteiger partial charge in [0.25, 0.3) is 0 Å². The summed E-state index contributed by atoms with van der Waals surface area (Å²) in [6.07, 6.45) is 1.80. The summed E-state index contributed by atoms with van der Waals surface area (Å²) in [6, 6.07) is 0. The molecule has 1 saturated carbocycles. The first-order valence-corrected chi connectivity index (χ1v) is 2.63. The van der Waals surface area contributed by atoms with E-state index in [1.807, 2.05) is 6.92 Å². The van der Waals surface area contributed by atoms with E-state index in [0.717, 1.165) is 12.8 Å². The lowest BCUT2D eigenvalue weighted by molar-refractivity contribution is -0.134. The lowest BCUT2D eigenvalue weighted by Crippen LogP contribution is -2.26. The van der Waals surface area contributed by atoms with Gasteiger partial charge in [0, 0.05) is 5.41 Å². The van der Waals surface area contributed by atoms with Crippen LogP contribution in [0.15, 0.2) is 0 Å². The first-order chi connectivity index (χ1) is 3.69. The highest BCUT2D eigenvalue weighted by molar-refractivity contribution is 5.83. The molecule has 46 valence electrons. The van der Waals surface area contributed by atoms with Crippen molar-refractivity contribution in [1.29, 1.82) is 0 Å². The highest BCUT2D eigenvalue weighted by Crippen LogP contribution is 2.44. The van der Waals surface area contributed by atoms with Gasteiger partial charge in [0.1, 0.15) is 0 Å². The molecule has 0 aromatic rings. The van der Waals surface area contributed by atoms with Crippen molar-refractivity contribution in [2.75, 3.05) is 0 Å². The molecule has 0 aliphatic heterocycles. The van der Waals surface area contributed by atoms with Crippen molar-refractivity contribution in [2.24, 2.45) is 5.41 Å². The van der Waals surface area contributed by atoms with Crippen LogP contribution in [0.3, 0.4) is 0 Å². The third kappa shape index (κ3) is 0.690. The Bertz CT molecular complexity index is 118. The average molecular weight is 115 g/mol. The van der Waals surface area contributed by atoms with Gasteiger partial charge in [-0.25, -0.2) is 5.48 Å². The van der Waals surface area contributed by atoms with Crippen LogP contribution in [-0.4, -0.2) is 11.1 Å². The van der Waals surface area contributed by atoms with Crippen molar-refractivity contribution in [1.82, 2.24) is 5.48 Å². The van der Waals surface area contributed by atoms with E-state index >= 15 is 0 Å². The fourth-order valence-electron chi connectivity index (χ4n) is 0.550. The summed E-state index contributed by atoms with van der Waals surface area (Å²) in [6.45, 7) is 1.83. The lowest BCUT2D eigenvalue weighted by Gasteiger charge is -2.01. The number of hydrogen-bond acceptors (Lipinski definition) is 2. The van der Waals surface area contributed by atoms with Crippen molar-refractivity contribution >= 4 is 5.91 Å².